The molecule has 1 amide bonds. The maximum atomic E-state index is 10.8. The molecule has 64 valence electrons. The zero-order valence-corrected chi connectivity index (χ0v) is 7.26. The molecular formula is C8H15NO2. The van der Waals surface area contributed by atoms with Crippen LogP contribution < -0.4 is 5.32 Å². The number of aldehydes is 1. The zero-order valence-electron chi connectivity index (χ0n) is 7.26. The van der Waals surface area contributed by atoms with Gasteiger partial charge in [-0.1, -0.05) is 20.8 Å². The van der Waals surface area contributed by atoms with Gasteiger partial charge in [0.1, 0.15) is 6.29 Å². The third-order valence-electron chi connectivity index (χ3n) is 1.51. The molecule has 0 aromatic carbocycles. The highest BCUT2D eigenvalue weighted by atomic mass is 16.2. The standard InChI is InChI=1S/C8H15NO2/c1-4-8(11)9-7(5-10)6(2)3/h5-7H,4H2,1-3H3,(H,9,11)/t7-/m1/s1. The number of hydrogen-bond acceptors (Lipinski definition) is 2. The van der Waals surface area contributed by atoms with Crippen molar-refractivity contribution in [2.45, 2.75) is 33.2 Å². The minimum Gasteiger partial charge on any atom is -0.346 e. The van der Waals surface area contributed by atoms with Crippen LogP contribution >= 0.6 is 0 Å². The zero-order chi connectivity index (χ0) is 8.85. The summed E-state index contributed by atoms with van der Waals surface area (Å²) in [4.78, 5) is 21.2. The monoisotopic (exact) mass is 157 g/mol. The van der Waals surface area contributed by atoms with E-state index in [0.29, 0.717) is 6.42 Å². The predicted octanol–water partition coefficient (Wildman–Crippen LogP) is 0.736. The molecule has 0 aliphatic rings. The second kappa shape index (κ2) is 4.88. The van der Waals surface area contributed by atoms with E-state index in [4.69, 9.17) is 0 Å². The van der Waals surface area contributed by atoms with Gasteiger partial charge in [-0.05, 0) is 5.92 Å². The first-order valence-electron chi connectivity index (χ1n) is 3.86. The first-order valence-corrected chi connectivity index (χ1v) is 3.86. The molecule has 0 spiro atoms. The molecule has 0 radical (unpaired) electrons. The van der Waals surface area contributed by atoms with Crippen molar-refractivity contribution >= 4 is 12.2 Å². The Morgan fingerprint density at radius 3 is 2.36 bits per heavy atom. The largest absolute Gasteiger partial charge is 0.346 e. The Morgan fingerprint density at radius 2 is 2.09 bits per heavy atom. The SMILES string of the molecule is CCC(=O)N[C@H](C=O)C(C)C. The van der Waals surface area contributed by atoms with Crippen molar-refractivity contribution in [3.8, 4) is 0 Å². The predicted molar refractivity (Wildman–Crippen MR) is 43.1 cm³/mol. The Morgan fingerprint density at radius 1 is 1.55 bits per heavy atom. The third-order valence-corrected chi connectivity index (χ3v) is 1.51. The summed E-state index contributed by atoms with van der Waals surface area (Å²) in [7, 11) is 0. The first-order chi connectivity index (χ1) is 5.11. The second-order valence-electron chi connectivity index (χ2n) is 2.83. The maximum Gasteiger partial charge on any atom is 0.220 e. The molecule has 0 unspecified atom stereocenters. The summed E-state index contributed by atoms with van der Waals surface area (Å²) in [5, 5.41) is 2.61. The van der Waals surface area contributed by atoms with Crippen LogP contribution in [-0.2, 0) is 9.59 Å². The number of carbonyl (C=O) groups excluding carboxylic acids is 2. The van der Waals surface area contributed by atoms with Gasteiger partial charge in [0.25, 0.3) is 0 Å². The number of nitrogens with one attached hydrogen (secondary N) is 1. The van der Waals surface area contributed by atoms with Crippen LogP contribution in [0.15, 0.2) is 0 Å². The van der Waals surface area contributed by atoms with Gasteiger partial charge in [0.05, 0.1) is 6.04 Å². The van der Waals surface area contributed by atoms with E-state index in [2.05, 4.69) is 5.32 Å². The number of amides is 1. The number of carbonyl (C=O) groups is 2. The highest BCUT2D eigenvalue weighted by molar-refractivity contribution is 5.79. The van der Waals surface area contributed by atoms with Gasteiger partial charge in [-0.25, -0.2) is 0 Å². The van der Waals surface area contributed by atoms with E-state index >= 15 is 0 Å². The Kier molecular flexibility index (Phi) is 4.50. The van der Waals surface area contributed by atoms with Gasteiger partial charge < -0.3 is 10.1 Å². The van der Waals surface area contributed by atoms with Crippen molar-refractivity contribution in [1.29, 1.82) is 0 Å². The lowest BCUT2D eigenvalue weighted by Gasteiger charge is -2.14. The summed E-state index contributed by atoms with van der Waals surface area (Å²) < 4.78 is 0. The molecule has 0 saturated carbocycles. The summed E-state index contributed by atoms with van der Waals surface area (Å²) in [5.74, 6) is 0.0961. The maximum absolute atomic E-state index is 10.8. The van der Waals surface area contributed by atoms with E-state index < -0.39 is 0 Å². The minimum absolute atomic E-state index is 0.0733. The lowest BCUT2D eigenvalue weighted by Crippen LogP contribution is -2.39. The summed E-state index contributed by atoms with van der Waals surface area (Å²) in [6.45, 7) is 5.56. The molecule has 3 nitrogen and oxygen atoms in total. The second-order valence-corrected chi connectivity index (χ2v) is 2.83. The van der Waals surface area contributed by atoms with Gasteiger partial charge in [-0.3, -0.25) is 4.79 Å². The highest BCUT2D eigenvalue weighted by Crippen LogP contribution is 1.98. The van der Waals surface area contributed by atoms with Crippen molar-refractivity contribution in [2.75, 3.05) is 0 Å². The van der Waals surface area contributed by atoms with Crippen LogP contribution in [0.2, 0.25) is 0 Å². The van der Waals surface area contributed by atoms with Gasteiger partial charge in [0, 0.05) is 6.42 Å². The van der Waals surface area contributed by atoms with Gasteiger partial charge in [-0.15, -0.1) is 0 Å². The summed E-state index contributed by atoms with van der Waals surface area (Å²) >= 11 is 0. The smallest absolute Gasteiger partial charge is 0.220 e. The molecule has 11 heavy (non-hydrogen) atoms. The van der Waals surface area contributed by atoms with Gasteiger partial charge >= 0.3 is 0 Å². The van der Waals surface area contributed by atoms with Crippen LogP contribution in [0, 0.1) is 5.92 Å². The van der Waals surface area contributed by atoms with Crippen molar-refractivity contribution in [2.24, 2.45) is 5.92 Å². The molecule has 0 aliphatic heterocycles. The summed E-state index contributed by atoms with van der Waals surface area (Å²) in [5.41, 5.74) is 0. The van der Waals surface area contributed by atoms with Gasteiger partial charge in [0.2, 0.25) is 5.91 Å². The van der Waals surface area contributed by atoms with Gasteiger partial charge in [0.15, 0.2) is 0 Å². The number of hydrogen-bond donors (Lipinski definition) is 1. The van der Waals surface area contributed by atoms with Crippen molar-refractivity contribution < 1.29 is 9.59 Å². The Hall–Kier alpha value is -0.860. The average Bonchev–Trinajstić information content (AvgIpc) is 1.99. The van der Waals surface area contributed by atoms with Crippen molar-refractivity contribution in [3.63, 3.8) is 0 Å². The fourth-order valence-corrected chi connectivity index (χ4v) is 0.646. The van der Waals surface area contributed by atoms with E-state index in [-0.39, 0.29) is 17.9 Å². The number of rotatable bonds is 4. The molecule has 0 aliphatic carbocycles. The molecule has 0 bridgehead atoms. The lowest BCUT2D eigenvalue weighted by molar-refractivity contribution is -0.124. The summed E-state index contributed by atoms with van der Waals surface area (Å²) in [6, 6.07) is -0.331. The van der Waals surface area contributed by atoms with Crippen molar-refractivity contribution in [3.05, 3.63) is 0 Å². The van der Waals surface area contributed by atoms with Crippen LogP contribution in [-0.4, -0.2) is 18.2 Å². The molecule has 3 heteroatoms. The molecule has 0 fully saturated rings. The molecule has 1 N–H and O–H groups in total. The van der Waals surface area contributed by atoms with E-state index in [1.165, 1.54) is 0 Å². The van der Waals surface area contributed by atoms with E-state index in [0.717, 1.165) is 6.29 Å². The van der Waals surface area contributed by atoms with Crippen molar-refractivity contribution in [1.82, 2.24) is 5.32 Å². The third kappa shape index (κ3) is 3.75. The van der Waals surface area contributed by atoms with E-state index in [9.17, 15) is 9.59 Å². The summed E-state index contributed by atoms with van der Waals surface area (Å²) in [6.07, 6.45) is 1.20. The Labute approximate surface area is 67.2 Å². The Bertz CT molecular complexity index is 143. The normalized spacial score (nSPS) is 12.7. The lowest BCUT2D eigenvalue weighted by atomic mass is 10.1. The van der Waals surface area contributed by atoms with Crippen LogP contribution in [0.3, 0.4) is 0 Å². The molecular weight excluding hydrogens is 142 g/mol. The van der Waals surface area contributed by atoms with Crippen LogP contribution in [0.25, 0.3) is 0 Å². The van der Waals surface area contributed by atoms with Crippen LogP contribution in [0.4, 0.5) is 0 Å². The molecule has 0 saturated heterocycles. The molecule has 0 aromatic heterocycles. The van der Waals surface area contributed by atoms with Crippen LogP contribution in [0.5, 0.6) is 0 Å². The molecule has 1 atom stereocenters. The fourth-order valence-electron chi connectivity index (χ4n) is 0.646. The van der Waals surface area contributed by atoms with Crippen LogP contribution in [0.1, 0.15) is 27.2 Å². The first kappa shape index (κ1) is 10.1. The quantitative estimate of drug-likeness (QED) is 0.612. The minimum atomic E-state index is -0.331. The van der Waals surface area contributed by atoms with E-state index in [1.54, 1.807) is 6.92 Å². The van der Waals surface area contributed by atoms with E-state index in [1.807, 2.05) is 13.8 Å². The van der Waals surface area contributed by atoms with Gasteiger partial charge in [-0.2, -0.15) is 0 Å². The topological polar surface area (TPSA) is 46.2 Å². The highest BCUT2D eigenvalue weighted by Gasteiger charge is 2.12. The fraction of sp³-hybridized carbons (Fsp3) is 0.750. The average molecular weight is 157 g/mol. The Balaban J connectivity index is 3.87. The molecule has 0 heterocycles. The molecule has 0 rings (SSSR count). The molecule has 0 aromatic rings.